The van der Waals surface area contributed by atoms with Crippen LogP contribution in [0, 0.1) is 0 Å². The average Bonchev–Trinajstić information content (AvgIpc) is 2.62. The van der Waals surface area contributed by atoms with Gasteiger partial charge >= 0.3 is 6.09 Å². The first-order chi connectivity index (χ1) is 12.1. The number of rotatable bonds is 3. The van der Waals surface area contributed by atoms with Crippen LogP contribution in [0.5, 0.6) is 0 Å². The van der Waals surface area contributed by atoms with E-state index in [0.29, 0.717) is 50.9 Å². The van der Waals surface area contributed by atoms with Gasteiger partial charge in [-0.05, 0) is 49.9 Å². The van der Waals surface area contributed by atoms with Crippen LogP contribution in [0.4, 0.5) is 10.5 Å². The van der Waals surface area contributed by atoms with E-state index in [-0.39, 0.29) is 23.9 Å². The Morgan fingerprint density at radius 2 is 2.04 bits per heavy atom. The minimum Gasteiger partial charge on any atom is -0.450 e. The van der Waals surface area contributed by atoms with Gasteiger partial charge in [-0.2, -0.15) is 0 Å². The third-order valence-electron chi connectivity index (χ3n) is 4.62. The largest absolute Gasteiger partial charge is 0.450 e. The molecule has 2 aliphatic heterocycles. The lowest BCUT2D eigenvalue weighted by Crippen LogP contribution is -2.46. The second-order valence-corrected chi connectivity index (χ2v) is 6.35. The Morgan fingerprint density at radius 3 is 2.76 bits per heavy atom. The lowest BCUT2D eigenvalue weighted by Gasteiger charge is -2.31. The summed E-state index contributed by atoms with van der Waals surface area (Å²) in [6.45, 7) is 3.32. The molecule has 0 radical (unpaired) electrons. The standard InChI is InChI=1S/C18H23N3O4/c1-2-25-18(24)21-9-7-14(8-10-21)19-17(23)13-3-5-15-12(11-13)4-6-16(22)20-15/h3,5,11,14H,2,4,6-10H2,1H3,(H,19,23)(H,20,22). The van der Waals surface area contributed by atoms with Gasteiger partial charge in [0.2, 0.25) is 5.91 Å². The Bertz CT molecular complexity index is 681. The van der Waals surface area contributed by atoms with Crippen molar-refractivity contribution in [1.82, 2.24) is 10.2 Å². The van der Waals surface area contributed by atoms with Crippen molar-refractivity contribution in [2.45, 2.75) is 38.6 Å². The van der Waals surface area contributed by atoms with E-state index < -0.39 is 0 Å². The molecule has 1 aromatic rings. The summed E-state index contributed by atoms with van der Waals surface area (Å²) >= 11 is 0. The normalized spacial score (nSPS) is 17.5. The molecule has 0 aliphatic carbocycles. The molecule has 1 fully saturated rings. The Labute approximate surface area is 146 Å². The summed E-state index contributed by atoms with van der Waals surface area (Å²) in [6.07, 6.45) is 2.24. The zero-order valence-electron chi connectivity index (χ0n) is 14.3. The summed E-state index contributed by atoms with van der Waals surface area (Å²) in [5, 5.41) is 5.85. The Morgan fingerprint density at radius 1 is 1.28 bits per heavy atom. The maximum Gasteiger partial charge on any atom is 0.409 e. The number of amides is 3. The molecule has 2 N–H and O–H groups in total. The van der Waals surface area contributed by atoms with Gasteiger partial charge in [0.1, 0.15) is 0 Å². The molecule has 134 valence electrons. The third-order valence-corrected chi connectivity index (χ3v) is 4.62. The van der Waals surface area contributed by atoms with Crippen molar-refractivity contribution in [3.05, 3.63) is 29.3 Å². The van der Waals surface area contributed by atoms with E-state index >= 15 is 0 Å². The molecule has 0 aromatic heterocycles. The van der Waals surface area contributed by atoms with Crippen LogP contribution in [-0.2, 0) is 16.0 Å². The van der Waals surface area contributed by atoms with E-state index in [0.717, 1.165) is 11.3 Å². The molecule has 0 unspecified atom stereocenters. The molecule has 3 amide bonds. The molecule has 25 heavy (non-hydrogen) atoms. The number of hydrogen-bond acceptors (Lipinski definition) is 4. The molecule has 3 rings (SSSR count). The van der Waals surface area contributed by atoms with Gasteiger partial charge in [0, 0.05) is 36.8 Å². The number of ether oxygens (including phenoxy) is 1. The number of anilines is 1. The highest BCUT2D eigenvalue weighted by molar-refractivity contribution is 5.98. The molecule has 0 bridgehead atoms. The van der Waals surface area contributed by atoms with Crippen molar-refractivity contribution < 1.29 is 19.1 Å². The first-order valence-electron chi connectivity index (χ1n) is 8.72. The monoisotopic (exact) mass is 345 g/mol. The van der Waals surface area contributed by atoms with Crippen molar-refractivity contribution in [1.29, 1.82) is 0 Å². The van der Waals surface area contributed by atoms with Crippen LogP contribution in [0.25, 0.3) is 0 Å². The second kappa shape index (κ2) is 7.55. The van der Waals surface area contributed by atoms with E-state index in [9.17, 15) is 14.4 Å². The summed E-state index contributed by atoms with van der Waals surface area (Å²) < 4.78 is 5.00. The fourth-order valence-electron chi connectivity index (χ4n) is 3.21. The number of fused-ring (bicyclic) bond motifs is 1. The fourth-order valence-corrected chi connectivity index (χ4v) is 3.21. The van der Waals surface area contributed by atoms with Crippen molar-refractivity contribution in [3.8, 4) is 0 Å². The molecule has 0 saturated carbocycles. The highest BCUT2D eigenvalue weighted by atomic mass is 16.6. The number of carbonyl (C=O) groups is 3. The SMILES string of the molecule is CCOC(=O)N1CCC(NC(=O)c2ccc3c(c2)CCC(=O)N3)CC1. The lowest BCUT2D eigenvalue weighted by atomic mass is 9.99. The Kier molecular flexibility index (Phi) is 5.21. The van der Waals surface area contributed by atoms with Crippen molar-refractivity contribution in [2.24, 2.45) is 0 Å². The zero-order valence-corrected chi connectivity index (χ0v) is 14.3. The van der Waals surface area contributed by atoms with E-state index in [4.69, 9.17) is 4.74 Å². The molecular formula is C18H23N3O4. The van der Waals surface area contributed by atoms with Crippen LogP contribution in [-0.4, -0.2) is 48.5 Å². The topological polar surface area (TPSA) is 87.7 Å². The smallest absolute Gasteiger partial charge is 0.409 e. The maximum absolute atomic E-state index is 12.5. The van der Waals surface area contributed by atoms with Crippen LogP contribution in [0.15, 0.2) is 18.2 Å². The molecule has 7 nitrogen and oxygen atoms in total. The average molecular weight is 345 g/mol. The number of hydrogen-bond donors (Lipinski definition) is 2. The third kappa shape index (κ3) is 4.10. The molecule has 1 aromatic carbocycles. The quantitative estimate of drug-likeness (QED) is 0.876. The van der Waals surface area contributed by atoms with Gasteiger partial charge in [-0.25, -0.2) is 4.79 Å². The second-order valence-electron chi connectivity index (χ2n) is 6.35. The number of carbonyl (C=O) groups excluding carboxylic acids is 3. The van der Waals surface area contributed by atoms with Crippen LogP contribution in [0.3, 0.4) is 0 Å². The van der Waals surface area contributed by atoms with E-state index in [1.807, 2.05) is 6.07 Å². The lowest BCUT2D eigenvalue weighted by molar-refractivity contribution is -0.116. The first-order valence-corrected chi connectivity index (χ1v) is 8.72. The first kappa shape index (κ1) is 17.3. The summed E-state index contributed by atoms with van der Waals surface area (Å²) in [5.41, 5.74) is 2.38. The fraction of sp³-hybridized carbons (Fsp3) is 0.500. The van der Waals surface area contributed by atoms with Gasteiger partial charge in [-0.15, -0.1) is 0 Å². The molecule has 7 heteroatoms. The van der Waals surface area contributed by atoms with E-state index in [2.05, 4.69) is 10.6 Å². The number of aryl methyl sites for hydroxylation is 1. The van der Waals surface area contributed by atoms with E-state index in [1.165, 1.54) is 0 Å². The number of likely N-dealkylation sites (tertiary alicyclic amines) is 1. The highest BCUT2D eigenvalue weighted by Crippen LogP contribution is 2.23. The van der Waals surface area contributed by atoms with Crippen molar-refractivity contribution in [2.75, 3.05) is 25.0 Å². The number of piperidine rings is 1. The van der Waals surface area contributed by atoms with Gasteiger partial charge < -0.3 is 20.3 Å². The Balaban J connectivity index is 1.55. The molecule has 0 spiro atoms. The minimum absolute atomic E-state index is 0.0121. The van der Waals surface area contributed by atoms with Crippen LogP contribution >= 0.6 is 0 Å². The zero-order chi connectivity index (χ0) is 17.8. The number of benzene rings is 1. The molecule has 2 heterocycles. The number of nitrogens with one attached hydrogen (secondary N) is 2. The summed E-state index contributed by atoms with van der Waals surface area (Å²) in [6, 6.07) is 5.41. The summed E-state index contributed by atoms with van der Waals surface area (Å²) in [7, 11) is 0. The van der Waals surface area contributed by atoms with E-state index in [1.54, 1.807) is 24.0 Å². The summed E-state index contributed by atoms with van der Waals surface area (Å²) in [5.74, 6) is -0.104. The molecule has 0 atom stereocenters. The van der Waals surface area contributed by atoms with Crippen molar-refractivity contribution in [3.63, 3.8) is 0 Å². The van der Waals surface area contributed by atoms with Crippen LogP contribution in [0.1, 0.15) is 42.1 Å². The van der Waals surface area contributed by atoms with Crippen LogP contribution in [0.2, 0.25) is 0 Å². The highest BCUT2D eigenvalue weighted by Gasteiger charge is 2.25. The molecule has 1 saturated heterocycles. The van der Waals surface area contributed by atoms with Crippen LogP contribution < -0.4 is 10.6 Å². The Hall–Kier alpha value is -2.57. The van der Waals surface area contributed by atoms with Crippen molar-refractivity contribution >= 4 is 23.6 Å². The number of nitrogens with zero attached hydrogens (tertiary/aromatic N) is 1. The van der Waals surface area contributed by atoms with Gasteiger partial charge in [-0.1, -0.05) is 0 Å². The predicted octanol–water partition coefficient (Wildman–Crippen LogP) is 1.92. The minimum atomic E-state index is -0.288. The predicted molar refractivity (Wildman–Crippen MR) is 92.5 cm³/mol. The van der Waals surface area contributed by atoms with Gasteiger partial charge in [-0.3, -0.25) is 9.59 Å². The molecular weight excluding hydrogens is 322 g/mol. The van der Waals surface area contributed by atoms with Gasteiger partial charge in [0.05, 0.1) is 6.61 Å². The summed E-state index contributed by atoms with van der Waals surface area (Å²) in [4.78, 5) is 37.2. The molecule has 2 aliphatic rings. The van der Waals surface area contributed by atoms with Gasteiger partial charge in [0.15, 0.2) is 0 Å². The van der Waals surface area contributed by atoms with Gasteiger partial charge in [0.25, 0.3) is 5.91 Å². The maximum atomic E-state index is 12.5.